The van der Waals surface area contributed by atoms with Crippen molar-refractivity contribution in [2.75, 3.05) is 172 Å². The normalized spacial score (nSPS) is 17.4. The summed E-state index contributed by atoms with van der Waals surface area (Å²) in [6.45, 7) is 11.0. The average molecular weight is 1720 g/mol. The maximum Gasteiger partial charge on any atom is 0.488 e. The smallest absolute Gasteiger partial charge is 0.426 e. The molecule has 2 N–H and O–H groups in total. The van der Waals surface area contributed by atoms with Gasteiger partial charge in [-0.3, -0.25) is 14.7 Å². The molecule has 630 valence electrons. The topological polar surface area (TPSA) is 176 Å². The van der Waals surface area contributed by atoms with E-state index in [1.165, 1.54) is 0 Å². The summed E-state index contributed by atoms with van der Waals surface area (Å²) in [6.07, 6.45) is -51.7. The second-order valence-corrected chi connectivity index (χ2v) is 28.0. The minimum Gasteiger partial charge on any atom is -0.426 e. The van der Waals surface area contributed by atoms with Crippen molar-refractivity contribution in [1.82, 2.24) is 29.4 Å². The number of carbonyl (C=O) groups excluding carboxylic acids is 3. The van der Waals surface area contributed by atoms with Crippen LogP contribution in [0.4, 0.5) is 110 Å². The summed E-state index contributed by atoms with van der Waals surface area (Å²) in [5.74, 6) is 0. The van der Waals surface area contributed by atoms with E-state index >= 15 is 0 Å². The maximum absolute atomic E-state index is 12.7. The molecule has 6 fully saturated rings. The van der Waals surface area contributed by atoms with Crippen LogP contribution in [0, 0.1) is 0 Å². The predicted octanol–water partition coefficient (Wildman–Crippen LogP) is 13.3. The molecule has 6 aromatic carbocycles. The van der Waals surface area contributed by atoms with Crippen LogP contribution in [-0.4, -0.2) is 278 Å². The Morgan fingerprint density at radius 3 is 0.843 bits per heavy atom. The highest BCUT2D eigenvalue weighted by molar-refractivity contribution is 9.10. The molecule has 12 rings (SSSR count). The fraction of sp³-hybridized carbons (Fsp3) is 0.480. The SMILES string of the molecule is O=C(OC(C(F)(F)F)C(F)(F)F)N1CCN(Cc2ccc(-c3ccccc3)cc2N2CCOCC2)CC1.O=C(OC(C(F)(F)F)C(F)(F)F)N1CCN(Cc2ccc(-c3ccccc3)cc2N2CCOCC2)CC1.O=C(OC(C(F)(F)F)C(F)(F)F)N1CCN(Cc2ccc(Br)cc2N2CCOCC2)CC1.OB(O)c1ccccc1. The van der Waals surface area contributed by atoms with Crippen LogP contribution in [0.1, 0.15) is 16.7 Å². The molecule has 6 saturated heterocycles. The summed E-state index contributed by atoms with van der Waals surface area (Å²) < 4.78 is 257. The first kappa shape index (κ1) is 90.4. The van der Waals surface area contributed by atoms with Crippen molar-refractivity contribution in [1.29, 1.82) is 0 Å². The van der Waals surface area contributed by atoms with E-state index in [4.69, 9.17) is 24.3 Å². The van der Waals surface area contributed by atoms with Gasteiger partial charge in [0.25, 0.3) is 18.3 Å². The van der Waals surface area contributed by atoms with Crippen LogP contribution in [0.3, 0.4) is 0 Å². The molecule has 0 spiro atoms. The number of alkyl halides is 18. The fourth-order valence-electron chi connectivity index (χ4n) is 13.1. The first-order valence-corrected chi connectivity index (χ1v) is 37.1. The Labute approximate surface area is 658 Å². The highest BCUT2D eigenvalue weighted by Gasteiger charge is 2.62. The maximum atomic E-state index is 12.7. The third-order valence-electron chi connectivity index (χ3n) is 19.1. The number of hydrogen-bond acceptors (Lipinski definition) is 17. The molecule has 0 radical (unpaired) electrons. The zero-order valence-corrected chi connectivity index (χ0v) is 63.1. The second kappa shape index (κ2) is 40.6. The molecule has 6 aromatic rings. The van der Waals surface area contributed by atoms with Crippen LogP contribution in [0.15, 0.2) is 150 Å². The molecule has 0 saturated carbocycles. The van der Waals surface area contributed by atoms with Crippen molar-refractivity contribution in [2.45, 2.75) is 75.0 Å². The lowest BCUT2D eigenvalue weighted by Crippen LogP contribution is -2.52. The van der Waals surface area contributed by atoms with Gasteiger partial charge in [-0.25, -0.2) is 14.4 Å². The van der Waals surface area contributed by atoms with Gasteiger partial charge in [0.2, 0.25) is 0 Å². The molecule has 0 aromatic heterocycles. The monoisotopic (exact) mass is 1720 g/mol. The number of piperazine rings is 3. The van der Waals surface area contributed by atoms with Gasteiger partial charge >= 0.3 is 62.5 Å². The van der Waals surface area contributed by atoms with E-state index in [-0.39, 0.29) is 78.5 Å². The standard InChI is InChI=1S/2C25H27F6N3O3.C19H22BrF6N3O3.C6H7BO2/c2*26-24(27,28)22(25(29,30)31)37-23(35)34-10-8-32(9-11-34)17-20-7-6-19(18-4-2-1-3-5-18)16-21(20)33-12-14-36-15-13-33;20-14-2-1-13(15(11-14)28-7-9-31-10-8-28)12-27-3-5-29(6-4-27)17(30)32-16(18(21,22)23)19(24,25)26;8-7(9)6-4-2-1-3-5-6/h2*1-7,16,22H,8-15,17H2;1-2,11,16H,3-10,12H2;1-5,8-9H. The first-order chi connectivity index (χ1) is 54.3. The largest absolute Gasteiger partial charge is 0.488 e. The van der Waals surface area contributed by atoms with Gasteiger partial charge < -0.3 is 67.9 Å². The quantitative estimate of drug-likeness (QED) is 0.0563. The van der Waals surface area contributed by atoms with Gasteiger partial charge in [-0.15, -0.1) is 0 Å². The van der Waals surface area contributed by atoms with E-state index in [0.717, 1.165) is 114 Å². The summed E-state index contributed by atoms with van der Waals surface area (Å²) in [5, 5.41) is 17.2. The molecule has 0 bridgehead atoms. The Morgan fingerprint density at radius 2 is 0.591 bits per heavy atom. The number of benzene rings is 6. The second-order valence-electron chi connectivity index (χ2n) is 27.1. The lowest BCUT2D eigenvalue weighted by Gasteiger charge is -2.36. The Hall–Kier alpha value is -8.51. The van der Waals surface area contributed by atoms with Crippen molar-refractivity contribution < 1.29 is 132 Å². The molecule has 0 aliphatic carbocycles. The summed E-state index contributed by atoms with van der Waals surface area (Å²) in [5.41, 5.74) is 11.0. The van der Waals surface area contributed by atoms with Crippen LogP contribution < -0.4 is 20.2 Å². The third kappa shape index (κ3) is 27.0. The lowest BCUT2D eigenvalue weighted by molar-refractivity contribution is -0.309. The highest BCUT2D eigenvalue weighted by Crippen LogP contribution is 2.41. The summed E-state index contributed by atoms with van der Waals surface area (Å²) in [4.78, 5) is 51.4. The molecule has 115 heavy (non-hydrogen) atoms. The number of ether oxygens (including phenoxy) is 6. The number of halogens is 19. The molecule has 6 aliphatic rings. The molecule has 6 aliphatic heterocycles. The number of rotatable bonds is 15. The predicted molar refractivity (Wildman–Crippen MR) is 391 cm³/mol. The molecular weight excluding hydrogens is 1640 g/mol. The van der Waals surface area contributed by atoms with Crippen molar-refractivity contribution in [2.24, 2.45) is 0 Å². The van der Waals surface area contributed by atoms with Gasteiger partial charge in [-0.05, 0) is 68.7 Å². The highest BCUT2D eigenvalue weighted by atomic mass is 79.9. The fourth-order valence-corrected chi connectivity index (χ4v) is 13.4. The molecule has 0 unspecified atom stereocenters. The number of hydrogen-bond donors (Lipinski definition) is 2. The van der Waals surface area contributed by atoms with E-state index in [1.54, 1.807) is 24.3 Å². The summed E-state index contributed by atoms with van der Waals surface area (Å²) in [7, 11) is -1.34. The van der Waals surface area contributed by atoms with Crippen LogP contribution in [-0.2, 0) is 48.1 Å². The third-order valence-corrected chi connectivity index (χ3v) is 19.6. The molecule has 3 amide bonds. The number of carbonyl (C=O) groups is 3. The minimum absolute atomic E-state index is 0.0370. The van der Waals surface area contributed by atoms with E-state index in [9.17, 15) is 93.4 Å². The number of morpholine rings is 3. The van der Waals surface area contributed by atoms with Crippen LogP contribution in [0.5, 0.6) is 0 Å². The summed E-state index contributed by atoms with van der Waals surface area (Å²) >= 11 is 3.47. The first-order valence-electron chi connectivity index (χ1n) is 36.3. The van der Waals surface area contributed by atoms with Crippen molar-refractivity contribution in [3.05, 3.63) is 167 Å². The van der Waals surface area contributed by atoms with Crippen molar-refractivity contribution in [3.63, 3.8) is 0 Å². The van der Waals surface area contributed by atoms with Gasteiger partial charge in [0.1, 0.15) is 0 Å². The van der Waals surface area contributed by atoms with Crippen LogP contribution in [0.25, 0.3) is 22.3 Å². The van der Waals surface area contributed by atoms with Gasteiger partial charge in [0.05, 0.1) is 39.6 Å². The Balaban J connectivity index is 0.000000187. The zero-order chi connectivity index (χ0) is 83.5. The van der Waals surface area contributed by atoms with Gasteiger partial charge in [0.15, 0.2) is 0 Å². The molecular formula is C75H83BBrF18N9O11. The number of nitrogens with zero attached hydrogens (tertiary/aromatic N) is 9. The Bertz CT molecular complexity index is 3820. The van der Waals surface area contributed by atoms with E-state index < -0.39 is 80.8 Å². The molecule has 6 heterocycles. The number of anilines is 3. The van der Waals surface area contributed by atoms with E-state index in [1.807, 2.05) is 124 Å². The van der Waals surface area contributed by atoms with Crippen molar-refractivity contribution >= 4 is 63.9 Å². The Morgan fingerprint density at radius 1 is 0.339 bits per heavy atom. The van der Waals surface area contributed by atoms with Gasteiger partial charge in [0, 0.05) is 159 Å². The number of amides is 3. The van der Waals surface area contributed by atoms with Crippen molar-refractivity contribution in [3.8, 4) is 22.3 Å². The van der Waals surface area contributed by atoms with Crippen LogP contribution in [0.2, 0.25) is 0 Å². The molecule has 40 heteroatoms. The molecule has 0 atom stereocenters. The average Bonchev–Trinajstić information content (AvgIpc) is 0.820. The van der Waals surface area contributed by atoms with Gasteiger partial charge in [-0.2, -0.15) is 79.0 Å². The van der Waals surface area contributed by atoms with E-state index in [2.05, 4.69) is 57.0 Å². The van der Waals surface area contributed by atoms with Crippen LogP contribution >= 0.6 is 15.9 Å². The minimum atomic E-state index is -5.74. The summed E-state index contributed by atoms with van der Waals surface area (Å²) in [6, 6.07) is 46.8. The molecule has 20 nitrogen and oxygen atoms in total. The lowest BCUT2D eigenvalue weighted by atomic mass is 9.81. The van der Waals surface area contributed by atoms with E-state index in [0.29, 0.717) is 64.7 Å². The Kier molecular flexibility index (Phi) is 31.9. The van der Waals surface area contributed by atoms with Gasteiger partial charge in [-0.1, -0.05) is 137 Å². The zero-order valence-electron chi connectivity index (χ0n) is 61.5.